The normalized spacial score (nSPS) is 10.8. The number of nitrogens with one attached hydrogen (secondary N) is 1. The van der Waals surface area contributed by atoms with Gasteiger partial charge in [0.05, 0.1) is 0 Å². The van der Waals surface area contributed by atoms with Crippen molar-refractivity contribution in [2.45, 2.75) is 26.4 Å². The highest BCUT2D eigenvalue weighted by atomic mass is 35.5. The topological polar surface area (TPSA) is 38.0 Å². The minimum absolute atomic E-state index is 0.466. The van der Waals surface area contributed by atoms with E-state index in [1.165, 1.54) is 0 Å². The maximum absolute atomic E-state index is 5.99. The van der Waals surface area contributed by atoms with Gasteiger partial charge in [0, 0.05) is 23.3 Å². The summed E-state index contributed by atoms with van der Waals surface area (Å²) in [5.41, 5.74) is 7.37. The largest absolute Gasteiger partial charge is 0.399 e. The van der Waals surface area contributed by atoms with Gasteiger partial charge in [-0.3, -0.25) is 0 Å². The van der Waals surface area contributed by atoms with E-state index in [2.05, 4.69) is 19.2 Å². The molecule has 72 valence electrons. The third-order valence-electron chi connectivity index (χ3n) is 1.78. The second-order valence-electron chi connectivity index (χ2n) is 3.39. The number of hydrogen-bond donors (Lipinski definition) is 2. The zero-order chi connectivity index (χ0) is 9.84. The van der Waals surface area contributed by atoms with Crippen LogP contribution in [0.25, 0.3) is 0 Å². The van der Waals surface area contributed by atoms with Gasteiger partial charge in [-0.1, -0.05) is 31.5 Å². The molecule has 0 aliphatic carbocycles. The summed E-state index contributed by atoms with van der Waals surface area (Å²) in [7, 11) is 0. The smallest absolute Gasteiger partial charge is 0.0471 e. The molecule has 0 spiro atoms. The highest BCUT2D eigenvalue weighted by Gasteiger charge is 2.00. The molecule has 1 rings (SSSR count). The van der Waals surface area contributed by atoms with Gasteiger partial charge in [0.2, 0.25) is 0 Å². The monoisotopic (exact) mass is 198 g/mol. The number of anilines is 1. The maximum Gasteiger partial charge on any atom is 0.0471 e. The minimum Gasteiger partial charge on any atom is -0.399 e. The van der Waals surface area contributed by atoms with Crippen molar-refractivity contribution in [1.82, 2.24) is 5.32 Å². The predicted octanol–water partition coefficient (Wildman–Crippen LogP) is 2.42. The Hall–Kier alpha value is -0.730. The molecule has 13 heavy (non-hydrogen) atoms. The van der Waals surface area contributed by atoms with E-state index in [4.69, 9.17) is 17.3 Å². The van der Waals surface area contributed by atoms with Gasteiger partial charge in [0.1, 0.15) is 0 Å². The standard InChI is InChI=1S/C10H15ClN2/c1-7(2)13-6-8-3-4-9(12)5-10(8)11/h3-5,7,13H,6,12H2,1-2H3. The van der Waals surface area contributed by atoms with Crippen molar-refractivity contribution < 1.29 is 0 Å². The molecule has 0 saturated heterocycles. The highest BCUT2D eigenvalue weighted by Crippen LogP contribution is 2.18. The second kappa shape index (κ2) is 4.49. The summed E-state index contributed by atoms with van der Waals surface area (Å²) in [6.45, 7) is 4.99. The first kappa shape index (κ1) is 10.4. The van der Waals surface area contributed by atoms with E-state index < -0.39 is 0 Å². The molecule has 0 saturated carbocycles. The van der Waals surface area contributed by atoms with Gasteiger partial charge in [-0.15, -0.1) is 0 Å². The zero-order valence-electron chi connectivity index (χ0n) is 7.97. The molecule has 0 unspecified atom stereocenters. The zero-order valence-corrected chi connectivity index (χ0v) is 8.73. The van der Waals surface area contributed by atoms with Crippen LogP contribution in [0.3, 0.4) is 0 Å². The van der Waals surface area contributed by atoms with Gasteiger partial charge in [-0.25, -0.2) is 0 Å². The van der Waals surface area contributed by atoms with Gasteiger partial charge in [0.25, 0.3) is 0 Å². The molecule has 1 aromatic carbocycles. The number of nitrogen functional groups attached to an aromatic ring is 1. The van der Waals surface area contributed by atoms with Crippen molar-refractivity contribution in [1.29, 1.82) is 0 Å². The molecule has 0 atom stereocenters. The van der Waals surface area contributed by atoms with Crippen LogP contribution in [0.4, 0.5) is 5.69 Å². The summed E-state index contributed by atoms with van der Waals surface area (Å²) in [5.74, 6) is 0. The number of halogens is 1. The molecule has 0 aliphatic rings. The lowest BCUT2D eigenvalue weighted by molar-refractivity contribution is 0.589. The predicted molar refractivity (Wildman–Crippen MR) is 57.8 cm³/mol. The molecule has 0 fully saturated rings. The molecule has 0 aromatic heterocycles. The first-order chi connectivity index (χ1) is 6.09. The summed E-state index contributed by atoms with van der Waals surface area (Å²) >= 11 is 5.99. The first-order valence-electron chi connectivity index (χ1n) is 4.37. The summed E-state index contributed by atoms with van der Waals surface area (Å²) in [6.07, 6.45) is 0. The Labute approximate surface area is 84.1 Å². The van der Waals surface area contributed by atoms with Crippen molar-refractivity contribution in [3.63, 3.8) is 0 Å². The van der Waals surface area contributed by atoms with Crippen LogP contribution in [-0.2, 0) is 6.54 Å². The van der Waals surface area contributed by atoms with E-state index in [-0.39, 0.29) is 0 Å². The molecule has 0 heterocycles. The van der Waals surface area contributed by atoms with E-state index in [9.17, 15) is 0 Å². The fourth-order valence-corrected chi connectivity index (χ4v) is 1.28. The van der Waals surface area contributed by atoms with E-state index in [1.807, 2.05) is 12.1 Å². The Bertz CT molecular complexity index is 284. The summed E-state index contributed by atoms with van der Waals surface area (Å²) < 4.78 is 0. The van der Waals surface area contributed by atoms with Crippen LogP contribution in [0.2, 0.25) is 5.02 Å². The Morgan fingerprint density at radius 1 is 1.46 bits per heavy atom. The van der Waals surface area contributed by atoms with E-state index in [0.29, 0.717) is 11.7 Å². The molecule has 0 amide bonds. The molecular formula is C10H15ClN2. The average molecular weight is 199 g/mol. The number of rotatable bonds is 3. The van der Waals surface area contributed by atoms with Crippen molar-refractivity contribution in [2.75, 3.05) is 5.73 Å². The van der Waals surface area contributed by atoms with Crippen molar-refractivity contribution >= 4 is 17.3 Å². The average Bonchev–Trinajstić information content (AvgIpc) is 2.02. The Balaban J connectivity index is 2.67. The van der Waals surface area contributed by atoms with Crippen LogP contribution in [0.15, 0.2) is 18.2 Å². The number of hydrogen-bond acceptors (Lipinski definition) is 2. The lowest BCUT2D eigenvalue weighted by Crippen LogP contribution is -2.21. The third kappa shape index (κ3) is 3.25. The maximum atomic E-state index is 5.99. The third-order valence-corrected chi connectivity index (χ3v) is 2.13. The van der Waals surface area contributed by atoms with Crippen molar-refractivity contribution in [3.8, 4) is 0 Å². The fraction of sp³-hybridized carbons (Fsp3) is 0.400. The minimum atomic E-state index is 0.466. The van der Waals surface area contributed by atoms with Gasteiger partial charge in [-0.2, -0.15) is 0 Å². The van der Waals surface area contributed by atoms with E-state index >= 15 is 0 Å². The fourth-order valence-electron chi connectivity index (χ4n) is 1.02. The van der Waals surface area contributed by atoms with Crippen molar-refractivity contribution in [2.24, 2.45) is 0 Å². The van der Waals surface area contributed by atoms with Gasteiger partial charge < -0.3 is 11.1 Å². The van der Waals surface area contributed by atoms with Crippen LogP contribution < -0.4 is 11.1 Å². The van der Waals surface area contributed by atoms with Crippen LogP contribution in [0, 0.1) is 0 Å². The van der Waals surface area contributed by atoms with Gasteiger partial charge >= 0.3 is 0 Å². The van der Waals surface area contributed by atoms with Gasteiger partial charge in [0.15, 0.2) is 0 Å². The molecule has 0 bridgehead atoms. The van der Waals surface area contributed by atoms with Crippen LogP contribution in [0.1, 0.15) is 19.4 Å². The number of nitrogens with two attached hydrogens (primary N) is 1. The molecule has 0 radical (unpaired) electrons. The number of benzene rings is 1. The summed E-state index contributed by atoms with van der Waals surface area (Å²) in [5, 5.41) is 4.03. The van der Waals surface area contributed by atoms with Gasteiger partial charge in [-0.05, 0) is 17.7 Å². The summed E-state index contributed by atoms with van der Waals surface area (Å²) in [6, 6.07) is 6.06. The van der Waals surface area contributed by atoms with Crippen LogP contribution >= 0.6 is 11.6 Å². The lowest BCUT2D eigenvalue weighted by Gasteiger charge is -2.09. The Morgan fingerprint density at radius 2 is 2.15 bits per heavy atom. The highest BCUT2D eigenvalue weighted by molar-refractivity contribution is 6.31. The lowest BCUT2D eigenvalue weighted by atomic mass is 10.2. The molecule has 0 aliphatic heterocycles. The SMILES string of the molecule is CC(C)NCc1ccc(N)cc1Cl. The molecule has 2 nitrogen and oxygen atoms in total. The second-order valence-corrected chi connectivity index (χ2v) is 3.79. The van der Waals surface area contributed by atoms with Crippen molar-refractivity contribution in [3.05, 3.63) is 28.8 Å². The van der Waals surface area contributed by atoms with E-state index in [1.54, 1.807) is 6.07 Å². The molecule has 3 N–H and O–H groups in total. The first-order valence-corrected chi connectivity index (χ1v) is 4.74. The summed E-state index contributed by atoms with van der Waals surface area (Å²) in [4.78, 5) is 0. The molecule has 1 aromatic rings. The Morgan fingerprint density at radius 3 is 2.69 bits per heavy atom. The molecule has 3 heteroatoms. The van der Waals surface area contributed by atoms with Crippen LogP contribution in [0.5, 0.6) is 0 Å². The van der Waals surface area contributed by atoms with Crippen LogP contribution in [-0.4, -0.2) is 6.04 Å². The Kier molecular flexibility index (Phi) is 3.58. The quantitative estimate of drug-likeness (QED) is 0.733. The molecular weight excluding hydrogens is 184 g/mol. The van der Waals surface area contributed by atoms with E-state index in [0.717, 1.165) is 17.1 Å².